The van der Waals surface area contributed by atoms with E-state index in [9.17, 15) is 9.18 Å². The van der Waals surface area contributed by atoms with Crippen molar-refractivity contribution in [2.45, 2.75) is 38.5 Å². The molecule has 8 rings (SSSR count). The van der Waals surface area contributed by atoms with E-state index in [1.165, 1.54) is 11.8 Å². The van der Waals surface area contributed by atoms with Crippen LogP contribution < -0.4 is 0 Å². The second-order valence-corrected chi connectivity index (χ2v) is 11.5. The number of hydrogen-bond acceptors (Lipinski definition) is 6. The third-order valence-electron chi connectivity index (χ3n) is 8.72. The number of benzene rings is 3. The number of nitrogens with zero attached hydrogens (tertiary/aromatic N) is 7. The third kappa shape index (κ3) is 5.06. The molecule has 5 heterocycles. The van der Waals surface area contributed by atoms with Crippen molar-refractivity contribution in [3.8, 4) is 28.2 Å². The standard InChI is InChI=1S/C35H30FN7O2/c36-34-28(9-6-16-37-34)25-12-14-31-29(20-25)33(39-43(31)32-10-4-5-18-45-32)30-22-42(40-38-30)27-13-11-23-15-17-41(21-26(23)19-27)35(44)24-7-2-1-3-8-24/h1-3,6-9,11-14,16,19-20,22,32H,4-5,10,15,17-18,21H2. The molecule has 45 heavy (non-hydrogen) atoms. The molecule has 0 aliphatic carbocycles. The number of amides is 1. The lowest BCUT2D eigenvalue weighted by molar-refractivity contribution is -0.0365. The molecule has 1 fully saturated rings. The van der Waals surface area contributed by atoms with Gasteiger partial charge in [-0.1, -0.05) is 35.5 Å². The van der Waals surface area contributed by atoms with Gasteiger partial charge in [0.25, 0.3) is 5.91 Å². The highest BCUT2D eigenvalue weighted by Gasteiger charge is 2.25. The minimum atomic E-state index is -0.524. The number of carbonyl (C=O) groups excluding carboxylic acids is 1. The minimum absolute atomic E-state index is 0.0321. The molecular formula is C35H30FN7O2. The first-order valence-electron chi connectivity index (χ1n) is 15.3. The lowest BCUT2D eigenvalue weighted by Gasteiger charge is -2.29. The van der Waals surface area contributed by atoms with Crippen molar-refractivity contribution < 1.29 is 13.9 Å². The molecule has 2 aliphatic rings. The number of rotatable bonds is 5. The molecule has 0 radical (unpaired) electrons. The van der Waals surface area contributed by atoms with Gasteiger partial charge in [0, 0.05) is 42.4 Å². The van der Waals surface area contributed by atoms with Gasteiger partial charge >= 0.3 is 0 Å². The van der Waals surface area contributed by atoms with Crippen molar-refractivity contribution in [2.24, 2.45) is 0 Å². The van der Waals surface area contributed by atoms with E-state index in [1.54, 1.807) is 16.8 Å². The summed E-state index contributed by atoms with van der Waals surface area (Å²) in [4.78, 5) is 18.9. The van der Waals surface area contributed by atoms with Gasteiger partial charge in [0.2, 0.25) is 5.95 Å². The van der Waals surface area contributed by atoms with Crippen LogP contribution in [-0.2, 0) is 17.7 Å². The van der Waals surface area contributed by atoms with Gasteiger partial charge in [-0.2, -0.15) is 9.49 Å². The van der Waals surface area contributed by atoms with Crippen molar-refractivity contribution in [1.29, 1.82) is 0 Å². The maximum Gasteiger partial charge on any atom is 0.254 e. The Hall–Kier alpha value is -5.22. The zero-order chi connectivity index (χ0) is 30.3. The molecule has 0 saturated carbocycles. The van der Waals surface area contributed by atoms with Crippen LogP contribution in [0.5, 0.6) is 0 Å². The summed E-state index contributed by atoms with van der Waals surface area (Å²) in [6, 6.07) is 24.8. The lowest BCUT2D eigenvalue weighted by Crippen LogP contribution is -2.36. The normalized spacial score (nSPS) is 16.6. The first-order valence-corrected chi connectivity index (χ1v) is 15.3. The van der Waals surface area contributed by atoms with Gasteiger partial charge in [-0.05, 0) is 90.9 Å². The maximum atomic E-state index is 14.7. The Bertz CT molecular complexity index is 2030. The van der Waals surface area contributed by atoms with Crippen LogP contribution in [0.25, 0.3) is 39.1 Å². The summed E-state index contributed by atoms with van der Waals surface area (Å²) in [6.07, 6.45) is 6.86. The Balaban J connectivity index is 1.15. The van der Waals surface area contributed by atoms with Gasteiger partial charge in [0.05, 0.1) is 17.4 Å². The first kappa shape index (κ1) is 27.3. The fourth-order valence-corrected chi connectivity index (χ4v) is 6.36. The topological polar surface area (TPSA) is 91.0 Å². The van der Waals surface area contributed by atoms with Crippen LogP contribution >= 0.6 is 0 Å². The smallest absolute Gasteiger partial charge is 0.254 e. The van der Waals surface area contributed by atoms with Crippen LogP contribution in [-0.4, -0.2) is 53.7 Å². The Morgan fingerprint density at radius 1 is 0.956 bits per heavy atom. The predicted molar refractivity (Wildman–Crippen MR) is 167 cm³/mol. The average molecular weight is 600 g/mol. The van der Waals surface area contributed by atoms with Gasteiger partial charge in [0.15, 0.2) is 6.23 Å². The SMILES string of the molecule is O=C(c1ccccc1)N1CCc2ccc(-n3cc(-c4nn(C5CCCCO5)c5ccc(-c6cccnc6F)cc45)nn3)cc2C1. The summed E-state index contributed by atoms with van der Waals surface area (Å²) in [5, 5.41) is 14.8. The molecule has 0 N–H and O–H groups in total. The monoisotopic (exact) mass is 599 g/mol. The van der Waals surface area contributed by atoms with Crippen LogP contribution in [0, 0.1) is 5.95 Å². The molecule has 1 unspecified atom stereocenters. The zero-order valence-electron chi connectivity index (χ0n) is 24.5. The molecule has 6 aromatic rings. The van der Waals surface area contributed by atoms with E-state index >= 15 is 0 Å². The molecule has 224 valence electrons. The average Bonchev–Trinajstić information content (AvgIpc) is 3.74. The van der Waals surface area contributed by atoms with E-state index in [0.29, 0.717) is 47.8 Å². The fourth-order valence-electron chi connectivity index (χ4n) is 6.36. The number of aromatic nitrogens is 6. The first-order chi connectivity index (χ1) is 22.1. The van der Waals surface area contributed by atoms with E-state index in [0.717, 1.165) is 47.8 Å². The number of fused-ring (bicyclic) bond motifs is 2. The Kier molecular flexibility index (Phi) is 6.91. The molecule has 1 atom stereocenters. The summed E-state index contributed by atoms with van der Waals surface area (Å²) in [7, 11) is 0. The third-order valence-corrected chi connectivity index (χ3v) is 8.72. The molecular weight excluding hydrogens is 569 g/mol. The molecule has 2 aliphatic heterocycles. The molecule has 0 bridgehead atoms. The van der Waals surface area contributed by atoms with Gasteiger partial charge in [-0.15, -0.1) is 5.10 Å². The zero-order valence-corrected chi connectivity index (χ0v) is 24.5. The minimum Gasteiger partial charge on any atom is -0.356 e. The highest BCUT2D eigenvalue weighted by molar-refractivity contribution is 5.95. The molecule has 10 heteroatoms. The fraction of sp³-hybridized carbons (Fsp3) is 0.229. The largest absolute Gasteiger partial charge is 0.356 e. The van der Waals surface area contributed by atoms with E-state index in [-0.39, 0.29) is 12.1 Å². The van der Waals surface area contributed by atoms with Crippen molar-refractivity contribution >= 4 is 16.8 Å². The molecule has 9 nitrogen and oxygen atoms in total. The van der Waals surface area contributed by atoms with E-state index in [2.05, 4.69) is 27.4 Å². The Labute approximate surface area is 258 Å². The quantitative estimate of drug-likeness (QED) is 0.214. The van der Waals surface area contributed by atoms with Crippen molar-refractivity contribution in [3.05, 3.63) is 114 Å². The molecule has 0 spiro atoms. The highest BCUT2D eigenvalue weighted by atomic mass is 19.1. The number of carbonyl (C=O) groups is 1. The molecule has 1 saturated heterocycles. The number of ether oxygens (including phenoxy) is 1. The summed E-state index contributed by atoms with van der Waals surface area (Å²) < 4.78 is 24.4. The van der Waals surface area contributed by atoms with Crippen LogP contribution in [0.2, 0.25) is 0 Å². The predicted octanol–water partition coefficient (Wildman–Crippen LogP) is 6.38. The van der Waals surface area contributed by atoms with Crippen LogP contribution in [0.3, 0.4) is 0 Å². The Morgan fingerprint density at radius 2 is 1.87 bits per heavy atom. The van der Waals surface area contributed by atoms with Crippen LogP contribution in [0.15, 0.2) is 91.3 Å². The van der Waals surface area contributed by atoms with E-state index in [4.69, 9.17) is 9.84 Å². The number of pyridine rings is 1. The summed E-state index contributed by atoms with van der Waals surface area (Å²) in [5.41, 5.74) is 7.11. The lowest BCUT2D eigenvalue weighted by atomic mass is 9.98. The second kappa shape index (κ2) is 11.4. The van der Waals surface area contributed by atoms with Crippen molar-refractivity contribution in [1.82, 2.24) is 34.7 Å². The summed E-state index contributed by atoms with van der Waals surface area (Å²) in [5.74, 6) is -0.492. The second-order valence-electron chi connectivity index (χ2n) is 11.5. The van der Waals surface area contributed by atoms with E-state index in [1.807, 2.05) is 70.4 Å². The highest BCUT2D eigenvalue weighted by Crippen LogP contribution is 2.35. The van der Waals surface area contributed by atoms with Gasteiger partial charge in [-0.3, -0.25) is 4.79 Å². The van der Waals surface area contributed by atoms with Gasteiger partial charge in [-0.25, -0.2) is 14.3 Å². The molecule has 1 amide bonds. The molecule has 3 aromatic heterocycles. The van der Waals surface area contributed by atoms with Crippen LogP contribution in [0.1, 0.15) is 47.0 Å². The number of hydrogen-bond donors (Lipinski definition) is 0. The maximum absolute atomic E-state index is 14.7. The Morgan fingerprint density at radius 3 is 2.71 bits per heavy atom. The summed E-state index contributed by atoms with van der Waals surface area (Å²) >= 11 is 0. The molecule has 3 aromatic carbocycles. The van der Waals surface area contributed by atoms with Crippen molar-refractivity contribution in [3.63, 3.8) is 0 Å². The van der Waals surface area contributed by atoms with Crippen molar-refractivity contribution in [2.75, 3.05) is 13.2 Å². The van der Waals surface area contributed by atoms with Crippen LogP contribution in [0.4, 0.5) is 4.39 Å². The van der Waals surface area contributed by atoms with Gasteiger partial charge in [0.1, 0.15) is 11.4 Å². The number of halogens is 1. The van der Waals surface area contributed by atoms with E-state index < -0.39 is 5.95 Å². The van der Waals surface area contributed by atoms with Gasteiger partial charge < -0.3 is 9.64 Å². The summed E-state index contributed by atoms with van der Waals surface area (Å²) in [6.45, 7) is 1.89.